The van der Waals surface area contributed by atoms with Crippen molar-refractivity contribution in [1.82, 2.24) is 10.3 Å². The van der Waals surface area contributed by atoms with Crippen LogP contribution in [0.25, 0.3) is 11.1 Å². The maximum Gasteiger partial charge on any atom is 0.224 e. The van der Waals surface area contributed by atoms with E-state index in [2.05, 4.69) is 15.6 Å². The lowest BCUT2D eigenvalue weighted by molar-refractivity contribution is -0.116. The number of rotatable bonds is 6. The van der Waals surface area contributed by atoms with Crippen molar-refractivity contribution in [2.24, 2.45) is 0 Å². The van der Waals surface area contributed by atoms with Crippen molar-refractivity contribution in [2.45, 2.75) is 26.2 Å². The maximum absolute atomic E-state index is 11.7. The molecule has 1 amide bonds. The van der Waals surface area contributed by atoms with Crippen LogP contribution in [-0.4, -0.2) is 24.5 Å². The lowest BCUT2D eigenvalue weighted by Crippen LogP contribution is -2.15. The molecule has 0 saturated carbocycles. The van der Waals surface area contributed by atoms with E-state index in [0.29, 0.717) is 12.3 Å². The third kappa shape index (κ3) is 4.21. The van der Waals surface area contributed by atoms with Gasteiger partial charge in [-0.2, -0.15) is 0 Å². The number of aryl methyl sites for hydroxylation is 1. The molecule has 0 saturated heterocycles. The van der Waals surface area contributed by atoms with Crippen molar-refractivity contribution < 1.29 is 9.21 Å². The Hall–Kier alpha value is -1.59. The number of halogens is 1. The van der Waals surface area contributed by atoms with E-state index in [1.807, 2.05) is 32.2 Å². The number of anilines is 1. The second-order valence-electron chi connectivity index (χ2n) is 4.40. The lowest BCUT2D eigenvalue weighted by atomic mass is 10.2. The van der Waals surface area contributed by atoms with Crippen LogP contribution in [0.2, 0.25) is 0 Å². The second-order valence-corrected chi connectivity index (χ2v) is 4.40. The van der Waals surface area contributed by atoms with Crippen molar-refractivity contribution in [2.75, 3.05) is 18.9 Å². The first-order chi connectivity index (χ1) is 9.22. The van der Waals surface area contributed by atoms with Crippen molar-refractivity contribution >= 4 is 35.1 Å². The van der Waals surface area contributed by atoms with Crippen LogP contribution in [0.4, 0.5) is 5.69 Å². The number of nitrogens with zero attached hydrogens (tertiary/aromatic N) is 1. The smallest absolute Gasteiger partial charge is 0.224 e. The number of aromatic nitrogens is 1. The van der Waals surface area contributed by atoms with Crippen LogP contribution in [0.15, 0.2) is 22.6 Å². The molecule has 0 atom stereocenters. The molecule has 2 rings (SSSR count). The summed E-state index contributed by atoms with van der Waals surface area (Å²) >= 11 is 0. The average molecular weight is 298 g/mol. The monoisotopic (exact) mass is 297 g/mol. The fourth-order valence-electron chi connectivity index (χ4n) is 1.85. The Morgan fingerprint density at radius 1 is 1.40 bits per heavy atom. The van der Waals surface area contributed by atoms with E-state index < -0.39 is 0 Å². The molecule has 0 spiro atoms. The van der Waals surface area contributed by atoms with Crippen LogP contribution in [0.1, 0.15) is 25.7 Å². The van der Waals surface area contributed by atoms with Gasteiger partial charge in [0.05, 0.1) is 0 Å². The number of nitrogens with one attached hydrogen (secondary N) is 2. The highest BCUT2D eigenvalue weighted by molar-refractivity contribution is 5.92. The topological polar surface area (TPSA) is 67.2 Å². The predicted octanol–water partition coefficient (Wildman–Crippen LogP) is 2.75. The van der Waals surface area contributed by atoms with E-state index in [-0.39, 0.29) is 18.3 Å². The summed E-state index contributed by atoms with van der Waals surface area (Å²) in [6.45, 7) is 2.84. The molecule has 110 valence electrons. The molecule has 2 N–H and O–H groups in total. The zero-order valence-electron chi connectivity index (χ0n) is 11.7. The summed E-state index contributed by atoms with van der Waals surface area (Å²) in [6.07, 6.45) is 2.10. The maximum atomic E-state index is 11.7. The molecule has 20 heavy (non-hydrogen) atoms. The molecule has 6 heteroatoms. The second kappa shape index (κ2) is 7.87. The van der Waals surface area contributed by atoms with Gasteiger partial charge in [0.1, 0.15) is 5.52 Å². The van der Waals surface area contributed by atoms with Gasteiger partial charge in [-0.05, 0) is 38.2 Å². The number of hydrogen-bond donors (Lipinski definition) is 2. The van der Waals surface area contributed by atoms with Gasteiger partial charge in [-0.1, -0.05) is 6.92 Å². The van der Waals surface area contributed by atoms with Gasteiger partial charge >= 0.3 is 0 Å². The molecule has 1 aromatic heterocycles. The molecule has 1 heterocycles. The Balaban J connectivity index is 0.00000200. The molecule has 0 unspecified atom stereocenters. The summed E-state index contributed by atoms with van der Waals surface area (Å²) in [5.41, 5.74) is 2.30. The van der Waals surface area contributed by atoms with Gasteiger partial charge in [0.25, 0.3) is 0 Å². The van der Waals surface area contributed by atoms with Gasteiger partial charge < -0.3 is 15.1 Å². The fraction of sp³-hybridized carbons (Fsp3) is 0.429. The van der Waals surface area contributed by atoms with Gasteiger partial charge in [-0.15, -0.1) is 12.4 Å². The van der Waals surface area contributed by atoms with Crippen LogP contribution in [0.5, 0.6) is 0 Å². The van der Waals surface area contributed by atoms with E-state index in [1.54, 1.807) is 0 Å². The molecule has 0 aliphatic rings. The Kier molecular flexibility index (Phi) is 6.48. The van der Waals surface area contributed by atoms with E-state index in [0.717, 1.165) is 36.2 Å². The first-order valence-electron chi connectivity index (χ1n) is 6.57. The third-order valence-electron chi connectivity index (χ3n) is 2.85. The van der Waals surface area contributed by atoms with Crippen molar-refractivity contribution in [1.29, 1.82) is 0 Å². The lowest BCUT2D eigenvalue weighted by Gasteiger charge is -2.04. The van der Waals surface area contributed by atoms with Crippen molar-refractivity contribution in [3.8, 4) is 0 Å². The van der Waals surface area contributed by atoms with E-state index >= 15 is 0 Å². The molecular weight excluding hydrogens is 278 g/mol. The quantitative estimate of drug-likeness (QED) is 0.805. The average Bonchev–Trinajstić information content (AvgIpc) is 2.81. The van der Waals surface area contributed by atoms with Crippen LogP contribution in [-0.2, 0) is 11.2 Å². The minimum atomic E-state index is 0. The number of amides is 1. The molecule has 0 fully saturated rings. The summed E-state index contributed by atoms with van der Waals surface area (Å²) < 4.78 is 5.52. The van der Waals surface area contributed by atoms with Gasteiger partial charge in [-0.25, -0.2) is 4.98 Å². The number of hydrogen-bond acceptors (Lipinski definition) is 4. The zero-order chi connectivity index (χ0) is 13.7. The van der Waals surface area contributed by atoms with Gasteiger partial charge in [0.15, 0.2) is 11.5 Å². The minimum absolute atomic E-state index is 0. The van der Waals surface area contributed by atoms with Crippen LogP contribution in [0.3, 0.4) is 0 Å². The number of fused-ring (bicyclic) bond motifs is 1. The number of benzene rings is 1. The van der Waals surface area contributed by atoms with Gasteiger partial charge in [0.2, 0.25) is 5.91 Å². The number of carbonyl (C=O) groups excluding carboxylic acids is 1. The highest BCUT2D eigenvalue weighted by atomic mass is 35.5. The van der Waals surface area contributed by atoms with Crippen LogP contribution < -0.4 is 10.6 Å². The Morgan fingerprint density at radius 2 is 2.20 bits per heavy atom. The summed E-state index contributed by atoms with van der Waals surface area (Å²) in [6, 6.07) is 5.52. The van der Waals surface area contributed by atoms with Crippen molar-refractivity contribution in [3.63, 3.8) is 0 Å². The summed E-state index contributed by atoms with van der Waals surface area (Å²) in [4.78, 5) is 16.0. The molecule has 0 aliphatic carbocycles. The molecule has 2 aromatic rings. The summed E-state index contributed by atoms with van der Waals surface area (Å²) in [5.74, 6) is 0.737. The molecule has 1 aromatic carbocycles. The third-order valence-corrected chi connectivity index (χ3v) is 2.85. The molecule has 0 radical (unpaired) electrons. The minimum Gasteiger partial charge on any atom is -0.441 e. The summed E-state index contributed by atoms with van der Waals surface area (Å²) in [7, 11) is 1.88. The highest BCUT2D eigenvalue weighted by Crippen LogP contribution is 2.20. The Bertz CT molecular complexity index is 569. The number of oxazole rings is 1. The summed E-state index contributed by atoms with van der Waals surface area (Å²) in [5, 5.41) is 5.89. The standard InChI is InChI=1S/C14H19N3O2.ClH/c1-3-14-17-11-9-10(6-7-12(11)19-14)16-13(18)5-4-8-15-2;/h6-7,9,15H,3-5,8H2,1-2H3,(H,16,18);1H. The SMILES string of the molecule is CCc1nc2cc(NC(=O)CCCNC)ccc2o1.Cl. The predicted molar refractivity (Wildman–Crippen MR) is 82.4 cm³/mol. The van der Waals surface area contributed by atoms with E-state index in [9.17, 15) is 4.79 Å². The Morgan fingerprint density at radius 3 is 2.90 bits per heavy atom. The highest BCUT2D eigenvalue weighted by Gasteiger charge is 2.07. The molecule has 5 nitrogen and oxygen atoms in total. The molecular formula is C14H20ClN3O2. The zero-order valence-corrected chi connectivity index (χ0v) is 12.5. The van der Waals surface area contributed by atoms with Gasteiger partial charge in [0, 0.05) is 18.5 Å². The van der Waals surface area contributed by atoms with Crippen LogP contribution >= 0.6 is 12.4 Å². The number of carbonyl (C=O) groups is 1. The fourth-order valence-corrected chi connectivity index (χ4v) is 1.85. The van der Waals surface area contributed by atoms with E-state index in [4.69, 9.17) is 4.42 Å². The van der Waals surface area contributed by atoms with Gasteiger partial charge in [-0.3, -0.25) is 4.79 Å². The first-order valence-corrected chi connectivity index (χ1v) is 6.57. The van der Waals surface area contributed by atoms with E-state index in [1.165, 1.54) is 0 Å². The first kappa shape index (κ1) is 16.5. The molecule has 0 bridgehead atoms. The molecule has 0 aliphatic heterocycles. The largest absolute Gasteiger partial charge is 0.441 e. The van der Waals surface area contributed by atoms with Crippen LogP contribution in [0, 0.1) is 0 Å². The normalized spacial score (nSPS) is 10.3. The van der Waals surface area contributed by atoms with Crippen molar-refractivity contribution in [3.05, 3.63) is 24.1 Å². The Labute approximate surface area is 124 Å².